The molecule has 2 heterocycles. The van der Waals surface area contributed by atoms with Crippen molar-refractivity contribution in [3.63, 3.8) is 0 Å². The third-order valence-electron chi connectivity index (χ3n) is 5.78. The lowest BCUT2D eigenvalue weighted by Gasteiger charge is -2.28. The van der Waals surface area contributed by atoms with Gasteiger partial charge in [-0.2, -0.15) is 0 Å². The molecule has 0 radical (unpaired) electrons. The van der Waals surface area contributed by atoms with Gasteiger partial charge >= 0.3 is 6.03 Å². The van der Waals surface area contributed by atoms with Crippen molar-refractivity contribution >= 4 is 52.1 Å². The zero-order chi connectivity index (χ0) is 26.0. The van der Waals surface area contributed by atoms with Gasteiger partial charge in [0.05, 0.1) is 17.3 Å². The highest BCUT2D eigenvalue weighted by Crippen LogP contribution is 2.47. The van der Waals surface area contributed by atoms with Crippen LogP contribution in [-0.4, -0.2) is 48.9 Å². The Kier molecular flexibility index (Phi) is 7.94. The Labute approximate surface area is 217 Å². The van der Waals surface area contributed by atoms with Crippen LogP contribution in [0.1, 0.15) is 12.5 Å². The number of nitrogens with zero attached hydrogens (tertiary/aromatic N) is 3. The first-order chi connectivity index (χ1) is 17.3. The number of nitrogens with one attached hydrogen (secondary N) is 2. The Morgan fingerprint density at radius 3 is 2.42 bits per heavy atom. The summed E-state index contributed by atoms with van der Waals surface area (Å²) in [5, 5.41) is 15.4. The summed E-state index contributed by atoms with van der Waals surface area (Å²) >= 11 is 12.6. The van der Waals surface area contributed by atoms with Gasteiger partial charge in [0.25, 0.3) is 0 Å². The average molecular weight is 536 g/mol. The Morgan fingerprint density at radius 2 is 1.75 bits per heavy atom. The maximum atomic E-state index is 15.5. The SMILES string of the molecule is CCN1C(=O)N(c2c(F)cc(NCCNCCO)cc2F)c2cc(Cl)cc(C)c2-c2cc(Cl)cnc21. The minimum Gasteiger partial charge on any atom is -0.395 e. The molecule has 0 unspecified atom stereocenters. The van der Waals surface area contributed by atoms with Crippen LogP contribution in [0.4, 0.5) is 36.5 Å². The number of aryl methyl sites for hydroxylation is 1. The van der Waals surface area contributed by atoms with E-state index in [2.05, 4.69) is 15.6 Å². The standard InChI is InChI=1S/C25H25Cl2F2N5O2/c1-3-33-24-18(9-16(27)13-32-24)22-14(2)8-15(26)10-21(22)34(25(33)36)23-19(28)11-17(12-20(23)29)31-5-4-30-6-7-35/h8-13,30-31,35H,3-7H2,1-2H3. The third-order valence-corrected chi connectivity index (χ3v) is 6.20. The number of aromatic nitrogens is 1. The topological polar surface area (TPSA) is 80.7 Å². The van der Waals surface area contributed by atoms with E-state index >= 15 is 8.78 Å². The van der Waals surface area contributed by atoms with Crippen LogP contribution < -0.4 is 20.4 Å². The van der Waals surface area contributed by atoms with Crippen LogP contribution in [0.25, 0.3) is 11.1 Å². The van der Waals surface area contributed by atoms with E-state index in [1.165, 1.54) is 17.2 Å². The minimum absolute atomic E-state index is 0.00679. The summed E-state index contributed by atoms with van der Waals surface area (Å²) in [5.74, 6) is -1.52. The fraction of sp³-hybridized carbons (Fsp3) is 0.280. The molecule has 3 N–H and O–H groups in total. The van der Waals surface area contributed by atoms with E-state index in [1.54, 1.807) is 26.0 Å². The Morgan fingerprint density at radius 1 is 1.03 bits per heavy atom. The van der Waals surface area contributed by atoms with Crippen LogP contribution in [-0.2, 0) is 0 Å². The first kappa shape index (κ1) is 26.1. The van der Waals surface area contributed by atoms with Crippen LogP contribution >= 0.6 is 23.2 Å². The predicted molar refractivity (Wildman–Crippen MR) is 140 cm³/mol. The van der Waals surface area contributed by atoms with Crippen molar-refractivity contribution in [1.29, 1.82) is 0 Å². The number of pyridine rings is 1. The second kappa shape index (κ2) is 11.0. The monoisotopic (exact) mass is 535 g/mol. The van der Waals surface area contributed by atoms with Crippen LogP contribution in [0.5, 0.6) is 0 Å². The normalized spacial score (nSPS) is 12.9. The van der Waals surface area contributed by atoms with Gasteiger partial charge < -0.3 is 15.7 Å². The van der Waals surface area contributed by atoms with Crippen LogP contribution in [0.2, 0.25) is 10.0 Å². The molecule has 1 aliphatic heterocycles. The number of rotatable bonds is 8. The summed E-state index contributed by atoms with van der Waals surface area (Å²) in [6.45, 7) is 5.01. The maximum Gasteiger partial charge on any atom is 0.334 e. The summed E-state index contributed by atoms with van der Waals surface area (Å²) < 4.78 is 31.1. The molecule has 2 aromatic carbocycles. The number of amides is 2. The molecule has 7 nitrogen and oxygen atoms in total. The summed E-state index contributed by atoms with van der Waals surface area (Å²) in [6, 6.07) is 6.48. The quantitative estimate of drug-likeness (QED) is 0.321. The van der Waals surface area contributed by atoms with Crippen molar-refractivity contribution in [1.82, 2.24) is 10.3 Å². The molecule has 0 fully saturated rings. The van der Waals surface area contributed by atoms with Crippen molar-refractivity contribution in [2.75, 3.05) is 47.9 Å². The van der Waals surface area contributed by atoms with Crippen molar-refractivity contribution < 1.29 is 18.7 Å². The highest BCUT2D eigenvalue weighted by Gasteiger charge is 2.37. The molecule has 0 saturated heterocycles. The van der Waals surface area contributed by atoms with Gasteiger partial charge in [-0.25, -0.2) is 18.6 Å². The molecule has 2 amide bonds. The Bertz CT molecular complexity index is 1280. The second-order valence-electron chi connectivity index (χ2n) is 8.19. The lowest BCUT2D eigenvalue weighted by Crippen LogP contribution is -2.41. The van der Waals surface area contributed by atoms with Gasteiger partial charge in [0.2, 0.25) is 0 Å². The fourth-order valence-corrected chi connectivity index (χ4v) is 4.70. The van der Waals surface area contributed by atoms with Crippen molar-refractivity contribution in [2.24, 2.45) is 0 Å². The smallest absolute Gasteiger partial charge is 0.334 e. The van der Waals surface area contributed by atoms with Crippen molar-refractivity contribution in [2.45, 2.75) is 13.8 Å². The number of aliphatic hydroxyl groups is 1. The number of hydrogen-bond acceptors (Lipinski definition) is 5. The van der Waals surface area contributed by atoms with Crippen LogP contribution in [0.15, 0.2) is 36.5 Å². The first-order valence-corrected chi connectivity index (χ1v) is 12.1. The molecule has 4 rings (SSSR count). The van der Waals surface area contributed by atoms with E-state index < -0.39 is 23.4 Å². The predicted octanol–water partition coefficient (Wildman–Crippen LogP) is 5.73. The number of aliphatic hydroxyl groups excluding tert-OH is 1. The van der Waals surface area contributed by atoms with Crippen molar-refractivity contribution in [3.05, 3.63) is 63.8 Å². The third kappa shape index (κ3) is 4.97. The first-order valence-electron chi connectivity index (χ1n) is 11.4. The molecule has 0 bridgehead atoms. The highest BCUT2D eigenvalue weighted by molar-refractivity contribution is 6.32. The fourth-order valence-electron chi connectivity index (χ4n) is 4.28. The number of benzene rings is 2. The molecule has 1 aromatic heterocycles. The molecular weight excluding hydrogens is 511 g/mol. The largest absolute Gasteiger partial charge is 0.395 e. The number of urea groups is 1. The van der Waals surface area contributed by atoms with Gasteiger partial charge in [0, 0.05) is 54.2 Å². The lowest BCUT2D eigenvalue weighted by molar-refractivity contribution is 0.253. The van der Waals surface area contributed by atoms with E-state index in [-0.39, 0.29) is 24.5 Å². The number of carbonyl (C=O) groups is 1. The lowest BCUT2D eigenvalue weighted by atomic mass is 9.98. The van der Waals surface area contributed by atoms with Gasteiger partial charge in [-0.3, -0.25) is 9.80 Å². The maximum absolute atomic E-state index is 15.5. The van der Waals surface area contributed by atoms with Crippen LogP contribution in [0, 0.1) is 18.6 Å². The molecule has 1 aliphatic rings. The highest BCUT2D eigenvalue weighted by atomic mass is 35.5. The second-order valence-corrected chi connectivity index (χ2v) is 9.07. The van der Waals surface area contributed by atoms with E-state index in [1.807, 2.05) is 0 Å². The molecule has 11 heteroatoms. The minimum atomic E-state index is -0.925. The van der Waals surface area contributed by atoms with Gasteiger partial charge in [-0.15, -0.1) is 0 Å². The zero-order valence-electron chi connectivity index (χ0n) is 19.7. The van der Waals surface area contributed by atoms with Crippen LogP contribution in [0.3, 0.4) is 0 Å². The summed E-state index contributed by atoms with van der Waals surface area (Å²) in [7, 11) is 0. The molecule has 0 spiro atoms. The molecule has 0 saturated carbocycles. The zero-order valence-corrected chi connectivity index (χ0v) is 21.2. The van der Waals surface area contributed by atoms with E-state index in [4.69, 9.17) is 28.3 Å². The van der Waals surface area contributed by atoms with E-state index in [0.717, 1.165) is 17.0 Å². The Hall–Kier alpha value is -2.98. The van der Waals surface area contributed by atoms with Crippen molar-refractivity contribution in [3.8, 4) is 11.1 Å². The molecule has 190 valence electrons. The van der Waals surface area contributed by atoms with E-state index in [9.17, 15) is 4.79 Å². The van der Waals surface area contributed by atoms with Gasteiger partial charge in [-0.05, 0) is 49.7 Å². The Balaban J connectivity index is 1.86. The molecule has 0 aliphatic carbocycles. The molecule has 3 aromatic rings. The molecular formula is C25H25Cl2F2N5O2. The van der Waals surface area contributed by atoms with Gasteiger partial charge in [0.1, 0.15) is 11.5 Å². The number of fused-ring (bicyclic) bond motifs is 3. The summed E-state index contributed by atoms with van der Waals surface area (Å²) in [5.41, 5.74) is 1.70. The number of anilines is 4. The molecule has 36 heavy (non-hydrogen) atoms. The van der Waals surface area contributed by atoms with Gasteiger partial charge in [0.15, 0.2) is 11.6 Å². The molecule has 0 atom stereocenters. The van der Waals surface area contributed by atoms with E-state index in [0.29, 0.717) is 52.2 Å². The number of carbonyl (C=O) groups excluding carboxylic acids is 1. The summed E-state index contributed by atoms with van der Waals surface area (Å²) in [4.78, 5) is 20.6. The summed E-state index contributed by atoms with van der Waals surface area (Å²) in [6.07, 6.45) is 1.42. The number of hydrogen-bond donors (Lipinski definition) is 3. The number of halogens is 4. The average Bonchev–Trinajstić information content (AvgIpc) is 2.91. The van der Waals surface area contributed by atoms with Gasteiger partial charge in [-0.1, -0.05) is 23.2 Å².